The number of nitrogens with one attached hydrogen (secondary N) is 1. The maximum Gasteiger partial charge on any atom is 0.0949 e. The molecule has 3 atom stereocenters. The first-order valence-corrected chi connectivity index (χ1v) is 7.02. The highest BCUT2D eigenvalue weighted by Gasteiger charge is 2.22. The van der Waals surface area contributed by atoms with Crippen molar-refractivity contribution in [1.82, 2.24) is 5.32 Å². The highest BCUT2D eigenvalue weighted by molar-refractivity contribution is 5.26. The van der Waals surface area contributed by atoms with Gasteiger partial charge in [0.25, 0.3) is 0 Å². The molecule has 0 amide bonds. The largest absolute Gasteiger partial charge is 0.372 e. The summed E-state index contributed by atoms with van der Waals surface area (Å²) in [4.78, 5) is 0. The van der Waals surface area contributed by atoms with Gasteiger partial charge in [-0.05, 0) is 29.9 Å². The molecule has 2 nitrogen and oxygen atoms in total. The summed E-state index contributed by atoms with van der Waals surface area (Å²) in [6, 6.07) is 9.40. The van der Waals surface area contributed by atoms with E-state index in [0.717, 1.165) is 13.2 Å². The monoisotopic (exact) mass is 247 g/mol. The Bertz CT molecular complexity index is 359. The van der Waals surface area contributed by atoms with E-state index >= 15 is 0 Å². The molecule has 2 rings (SSSR count). The van der Waals surface area contributed by atoms with Crippen molar-refractivity contribution in [1.29, 1.82) is 0 Å². The molecule has 18 heavy (non-hydrogen) atoms. The van der Waals surface area contributed by atoms with Gasteiger partial charge in [0.05, 0.1) is 12.7 Å². The zero-order valence-electron chi connectivity index (χ0n) is 11.9. The molecule has 100 valence electrons. The second kappa shape index (κ2) is 5.85. The maximum atomic E-state index is 6.01. The summed E-state index contributed by atoms with van der Waals surface area (Å²) in [7, 11) is 0. The van der Waals surface area contributed by atoms with Crippen LogP contribution in [-0.4, -0.2) is 19.2 Å². The van der Waals surface area contributed by atoms with Crippen LogP contribution in [0.15, 0.2) is 24.3 Å². The van der Waals surface area contributed by atoms with Gasteiger partial charge in [-0.1, -0.05) is 45.0 Å². The summed E-state index contributed by atoms with van der Waals surface area (Å²) in [5.41, 5.74) is 2.68. The van der Waals surface area contributed by atoms with Crippen LogP contribution in [-0.2, 0) is 4.74 Å². The van der Waals surface area contributed by atoms with Gasteiger partial charge in [-0.2, -0.15) is 0 Å². The third-order valence-corrected chi connectivity index (χ3v) is 4.01. The first-order valence-electron chi connectivity index (χ1n) is 7.02. The van der Waals surface area contributed by atoms with E-state index in [9.17, 15) is 0 Å². The Kier molecular flexibility index (Phi) is 4.41. The first kappa shape index (κ1) is 13.6. The van der Waals surface area contributed by atoms with Crippen LogP contribution >= 0.6 is 0 Å². The second-order valence-electron chi connectivity index (χ2n) is 5.82. The fraction of sp³-hybridized carbons (Fsp3) is 0.625. The Morgan fingerprint density at radius 2 is 1.83 bits per heavy atom. The highest BCUT2D eigenvalue weighted by Crippen LogP contribution is 2.23. The Morgan fingerprint density at radius 3 is 2.44 bits per heavy atom. The van der Waals surface area contributed by atoms with Gasteiger partial charge in [0, 0.05) is 12.6 Å². The lowest BCUT2D eigenvalue weighted by Crippen LogP contribution is -2.32. The summed E-state index contributed by atoms with van der Waals surface area (Å²) >= 11 is 0. The molecule has 1 aliphatic rings. The predicted molar refractivity (Wildman–Crippen MR) is 75.9 cm³/mol. The predicted octanol–water partition coefficient (Wildman–Crippen LogP) is 3.50. The van der Waals surface area contributed by atoms with Gasteiger partial charge < -0.3 is 10.1 Å². The smallest absolute Gasteiger partial charge is 0.0949 e. The van der Waals surface area contributed by atoms with E-state index in [2.05, 4.69) is 57.3 Å². The Hall–Kier alpha value is -0.860. The van der Waals surface area contributed by atoms with Gasteiger partial charge in [-0.15, -0.1) is 0 Å². The molecular weight excluding hydrogens is 222 g/mol. The normalized spacial score (nSPS) is 29.3. The van der Waals surface area contributed by atoms with Crippen LogP contribution < -0.4 is 5.32 Å². The zero-order valence-corrected chi connectivity index (χ0v) is 11.9. The molecule has 0 spiro atoms. The number of rotatable bonds is 2. The molecule has 0 aromatic heterocycles. The van der Waals surface area contributed by atoms with Crippen molar-refractivity contribution in [2.75, 3.05) is 13.2 Å². The molecule has 2 heteroatoms. The molecule has 1 saturated heterocycles. The number of hydrogen-bond donors (Lipinski definition) is 1. The van der Waals surface area contributed by atoms with E-state index in [1.54, 1.807) is 0 Å². The Morgan fingerprint density at radius 1 is 1.17 bits per heavy atom. The van der Waals surface area contributed by atoms with Crippen molar-refractivity contribution in [3.63, 3.8) is 0 Å². The number of benzene rings is 1. The standard InChI is InChI=1S/C16H25NO/c1-11(2)14-5-7-15(8-6-14)16-9-17-13(4)12(3)10-18-16/h5-8,11-13,16-17H,9-10H2,1-4H3. The number of hydrogen-bond acceptors (Lipinski definition) is 2. The minimum absolute atomic E-state index is 0.193. The van der Waals surface area contributed by atoms with Crippen molar-refractivity contribution in [3.05, 3.63) is 35.4 Å². The van der Waals surface area contributed by atoms with Gasteiger partial charge >= 0.3 is 0 Å². The van der Waals surface area contributed by atoms with Crippen molar-refractivity contribution in [2.45, 2.75) is 45.8 Å². The molecule has 1 aromatic rings. The molecule has 1 fully saturated rings. The summed E-state index contributed by atoms with van der Waals surface area (Å²) < 4.78 is 6.01. The minimum Gasteiger partial charge on any atom is -0.372 e. The van der Waals surface area contributed by atoms with Crippen LogP contribution in [0.25, 0.3) is 0 Å². The van der Waals surface area contributed by atoms with E-state index in [1.807, 2.05) is 0 Å². The fourth-order valence-corrected chi connectivity index (χ4v) is 2.27. The third-order valence-electron chi connectivity index (χ3n) is 4.01. The maximum absolute atomic E-state index is 6.01. The lowest BCUT2D eigenvalue weighted by molar-refractivity contribution is 0.0496. The molecule has 0 saturated carbocycles. The summed E-state index contributed by atoms with van der Waals surface area (Å²) in [5.74, 6) is 1.16. The van der Waals surface area contributed by atoms with Gasteiger partial charge in [0.1, 0.15) is 0 Å². The van der Waals surface area contributed by atoms with Gasteiger partial charge in [-0.3, -0.25) is 0 Å². The lowest BCUT2D eigenvalue weighted by atomic mass is 10.00. The highest BCUT2D eigenvalue weighted by atomic mass is 16.5. The molecule has 1 aromatic carbocycles. The quantitative estimate of drug-likeness (QED) is 0.863. The average Bonchev–Trinajstić information content (AvgIpc) is 2.53. The van der Waals surface area contributed by atoms with Gasteiger partial charge in [0.2, 0.25) is 0 Å². The van der Waals surface area contributed by atoms with E-state index in [0.29, 0.717) is 17.9 Å². The van der Waals surface area contributed by atoms with Crippen molar-refractivity contribution >= 4 is 0 Å². The van der Waals surface area contributed by atoms with Crippen LogP contribution in [0.2, 0.25) is 0 Å². The lowest BCUT2D eigenvalue weighted by Gasteiger charge is -2.16. The molecule has 1 heterocycles. The average molecular weight is 247 g/mol. The summed E-state index contributed by atoms with van der Waals surface area (Å²) in [5, 5.41) is 3.56. The molecule has 1 aliphatic heterocycles. The van der Waals surface area contributed by atoms with Crippen molar-refractivity contribution in [3.8, 4) is 0 Å². The van der Waals surface area contributed by atoms with Gasteiger partial charge in [0.15, 0.2) is 0 Å². The SMILES string of the molecule is CC(C)c1ccc(C2CNC(C)C(C)CO2)cc1. The second-order valence-corrected chi connectivity index (χ2v) is 5.82. The van der Waals surface area contributed by atoms with E-state index < -0.39 is 0 Å². The van der Waals surface area contributed by atoms with E-state index in [-0.39, 0.29) is 6.10 Å². The summed E-state index contributed by atoms with van der Waals surface area (Å²) in [6.07, 6.45) is 0.193. The van der Waals surface area contributed by atoms with Crippen LogP contribution in [0.1, 0.15) is 50.8 Å². The fourth-order valence-electron chi connectivity index (χ4n) is 2.27. The Labute approximate surface area is 111 Å². The van der Waals surface area contributed by atoms with Crippen LogP contribution in [0.3, 0.4) is 0 Å². The van der Waals surface area contributed by atoms with Crippen molar-refractivity contribution in [2.24, 2.45) is 5.92 Å². The van der Waals surface area contributed by atoms with Crippen LogP contribution in [0, 0.1) is 5.92 Å². The third kappa shape index (κ3) is 3.12. The Balaban J connectivity index is 2.07. The molecule has 1 N–H and O–H groups in total. The first-order chi connectivity index (χ1) is 8.58. The molecule has 0 bridgehead atoms. The molecule has 0 aliphatic carbocycles. The molecular formula is C16H25NO. The molecule has 0 radical (unpaired) electrons. The number of ether oxygens (including phenoxy) is 1. The summed E-state index contributed by atoms with van der Waals surface area (Å²) in [6.45, 7) is 10.7. The molecule has 3 unspecified atom stereocenters. The van der Waals surface area contributed by atoms with Crippen LogP contribution in [0.5, 0.6) is 0 Å². The van der Waals surface area contributed by atoms with Gasteiger partial charge in [-0.25, -0.2) is 0 Å². The van der Waals surface area contributed by atoms with Crippen molar-refractivity contribution < 1.29 is 4.74 Å². The van der Waals surface area contributed by atoms with E-state index in [4.69, 9.17) is 4.74 Å². The van der Waals surface area contributed by atoms with E-state index in [1.165, 1.54) is 11.1 Å². The zero-order chi connectivity index (χ0) is 13.1. The topological polar surface area (TPSA) is 21.3 Å². The minimum atomic E-state index is 0.193. The van der Waals surface area contributed by atoms with Crippen LogP contribution in [0.4, 0.5) is 0 Å².